The molecule has 4 aromatic rings. The van der Waals surface area contributed by atoms with Crippen LogP contribution in [0.25, 0.3) is 27.8 Å². The summed E-state index contributed by atoms with van der Waals surface area (Å²) >= 11 is 0. The lowest BCUT2D eigenvalue weighted by Crippen LogP contribution is -2.45. The van der Waals surface area contributed by atoms with E-state index in [-0.39, 0.29) is 18.0 Å². The van der Waals surface area contributed by atoms with Crippen molar-refractivity contribution in [2.75, 3.05) is 51.5 Å². The number of hydrogen-bond acceptors (Lipinski definition) is 7. The van der Waals surface area contributed by atoms with Gasteiger partial charge in [-0.1, -0.05) is 6.07 Å². The maximum atomic E-state index is 13.5. The zero-order valence-corrected chi connectivity index (χ0v) is 28.1. The number of anilines is 1. The summed E-state index contributed by atoms with van der Waals surface area (Å²) in [5.74, 6) is 1.22. The Kier molecular flexibility index (Phi) is 8.01. The molecule has 2 N–H and O–H groups in total. The van der Waals surface area contributed by atoms with Crippen molar-refractivity contribution in [2.24, 2.45) is 11.7 Å². The Bertz CT molecular complexity index is 1900. The number of nitrogens with two attached hydrogens (primary N) is 1. The first-order valence-corrected chi connectivity index (χ1v) is 18.3. The van der Waals surface area contributed by atoms with Gasteiger partial charge in [0.2, 0.25) is 10.0 Å². The molecule has 3 aliphatic rings. The minimum atomic E-state index is -3.21. The Morgan fingerprint density at radius 1 is 1.09 bits per heavy atom. The van der Waals surface area contributed by atoms with Crippen LogP contribution < -0.4 is 15.4 Å². The third kappa shape index (κ3) is 5.75. The molecular weight excluding hydrogens is 602 g/mol. The number of piperidine rings is 2. The monoisotopic (exact) mass is 647 g/mol. The number of pyridine rings is 1. The summed E-state index contributed by atoms with van der Waals surface area (Å²) < 4.78 is 35.8. The minimum Gasteiger partial charge on any atom is -0.494 e. The maximum Gasteiger partial charge on any atom is 0.255 e. The molecule has 1 aliphatic carbocycles. The third-order valence-corrected chi connectivity index (χ3v) is 11.6. The molecule has 2 aliphatic heterocycles. The molecule has 3 aromatic heterocycles. The normalized spacial score (nSPS) is 19.9. The summed E-state index contributed by atoms with van der Waals surface area (Å²) in [5.41, 5.74) is 12.9. The topological polar surface area (TPSA) is 118 Å². The zero-order valence-electron chi connectivity index (χ0n) is 27.3. The number of rotatable bonds is 8. The number of ether oxygens (including phenoxy) is 1. The average Bonchev–Trinajstić information content (AvgIpc) is 3.72. The number of carbonyl (C=O) groups is 1. The summed E-state index contributed by atoms with van der Waals surface area (Å²) in [6, 6.07) is 10.8. The van der Waals surface area contributed by atoms with Crippen molar-refractivity contribution < 1.29 is 17.9 Å². The summed E-state index contributed by atoms with van der Waals surface area (Å²) in [5, 5.41) is 6.25. The molecule has 0 spiro atoms. The summed E-state index contributed by atoms with van der Waals surface area (Å²) in [4.78, 5) is 17.7. The lowest BCUT2D eigenvalue weighted by Gasteiger charge is -2.37. The van der Waals surface area contributed by atoms with E-state index in [9.17, 15) is 13.2 Å². The van der Waals surface area contributed by atoms with Gasteiger partial charge in [-0.2, -0.15) is 5.10 Å². The second-order valence-electron chi connectivity index (χ2n) is 13.5. The standard InChI is InChI=1S/C34H45N7O4S/c1-22-32(36-41-20-25(17-31(45-3)33(22)41)34(42)39-13-5-6-26(35)21-39)30-16-24-9-10-28(18-29(24)40(30)19-23-7-8-23)38-14-11-27(12-15-38)37(2)46(4,43)44/h9-10,16-18,20,23,26-27H,5-8,11-15,19,21,35H2,1-4H3/t26-/m1/s1. The number of nitrogens with zero attached hydrogens (tertiary/aromatic N) is 6. The molecule has 1 aromatic carbocycles. The van der Waals surface area contributed by atoms with Crippen molar-refractivity contribution in [1.29, 1.82) is 0 Å². The number of likely N-dealkylation sites (tertiary alicyclic amines) is 1. The molecule has 5 heterocycles. The first-order valence-electron chi connectivity index (χ1n) is 16.4. The fraction of sp³-hybridized carbons (Fsp3) is 0.529. The Hall–Kier alpha value is -3.61. The van der Waals surface area contributed by atoms with E-state index in [1.165, 1.54) is 28.9 Å². The maximum absolute atomic E-state index is 13.5. The molecular formula is C34H45N7O4S. The van der Waals surface area contributed by atoms with Gasteiger partial charge in [0.15, 0.2) is 0 Å². The van der Waals surface area contributed by atoms with Crippen LogP contribution in [0.4, 0.5) is 5.69 Å². The van der Waals surface area contributed by atoms with Gasteiger partial charge in [0, 0.05) is 74.7 Å². The summed E-state index contributed by atoms with van der Waals surface area (Å²) in [7, 11) is 0.120. The lowest BCUT2D eigenvalue weighted by atomic mass is 10.0. The van der Waals surface area contributed by atoms with Crippen molar-refractivity contribution >= 4 is 38.0 Å². The Labute approximate surface area is 270 Å². The van der Waals surface area contributed by atoms with Crippen LogP contribution in [0.2, 0.25) is 0 Å². The van der Waals surface area contributed by atoms with Crippen LogP contribution in [-0.2, 0) is 16.6 Å². The number of aryl methyl sites for hydroxylation is 1. The number of hydrogen-bond donors (Lipinski definition) is 1. The largest absolute Gasteiger partial charge is 0.494 e. The van der Waals surface area contributed by atoms with Gasteiger partial charge in [-0.05, 0) is 75.6 Å². The van der Waals surface area contributed by atoms with E-state index in [2.05, 4.69) is 40.7 Å². The Morgan fingerprint density at radius 2 is 1.85 bits per heavy atom. The van der Waals surface area contributed by atoms with Gasteiger partial charge in [-0.15, -0.1) is 0 Å². The lowest BCUT2D eigenvalue weighted by molar-refractivity contribution is 0.0707. The van der Waals surface area contributed by atoms with E-state index in [4.69, 9.17) is 15.6 Å². The number of aromatic nitrogens is 3. The molecule has 7 rings (SSSR count). The number of fused-ring (bicyclic) bond motifs is 2. The van der Waals surface area contributed by atoms with Crippen LogP contribution in [0.15, 0.2) is 36.5 Å². The van der Waals surface area contributed by atoms with Crippen molar-refractivity contribution in [3.63, 3.8) is 0 Å². The molecule has 1 amide bonds. The molecule has 11 nitrogen and oxygen atoms in total. The highest BCUT2D eigenvalue weighted by Crippen LogP contribution is 2.39. The zero-order chi connectivity index (χ0) is 32.3. The fourth-order valence-corrected chi connectivity index (χ4v) is 8.08. The highest BCUT2D eigenvalue weighted by atomic mass is 32.2. The van der Waals surface area contributed by atoms with Crippen LogP contribution in [-0.4, -0.2) is 96.4 Å². The molecule has 0 unspecified atom stereocenters. The Balaban J connectivity index is 1.24. The number of amides is 1. The highest BCUT2D eigenvalue weighted by molar-refractivity contribution is 7.88. The van der Waals surface area contributed by atoms with E-state index in [1.807, 2.05) is 21.7 Å². The van der Waals surface area contributed by atoms with Gasteiger partial charge in [-0.25, -0.2) is 17.2 Å². The van der Waals surface area contributed by atoms with Crippen molar-refractivity contribution in [2.45, 2.75) is 64.1 Å². The SMILES string of the molecule is COc1cc(C(=O)N2CCC[C@@H](N)C2)cn2nc(-c3cc4ccc(N5CCC(N(C)S(C)(=O)=O)CC5)cc4n3CC3CC3)c(C)c12. The van der Waals surface area contributed by atoms with E-state index < -0.39 is 10.0 Å². The van der Waals surface area contributed by atoms with Gasteiger partial charge in [0.25, 0.3) is 5.91 Å². The fourth-order valence-electron chi connectivity index (χ4n) is 7.33. The van der Waals surface area contributed by atoms with Crippen LogP contribution in [0.3, 0.4) is 0 Å². The molecule has 46 heavy (non-hydrogen) atoms. The molecule has 12 heteroatoms. The molecule has 3 fully saturated rings. The smallest absolute Gasteiger partial charge is 0.255 e. The second kappa shape index (κ2) is 11.9. The molecule has 1 atom stereocenters. The van der Waals surface area contributed by atoms with Crippen LogP contribution in [0.5, 0.6) is 5.75 Å². The quantitative estimate of drug-likeness (QED) is 0.306. The molecule has 0 radical (unpaired) electrons. The molecule has 246 valence electrons. The van der Waals surface area contributed by atoms with Crippen LogP contribution in [0.1, 0.15) is 54.4 Å². The van der Waals surface area contributed by atoms with Gasteiger partial charge in [-0.3, -0.25) is 4.79 Å². The minimum absolute atomic E-state index is 0.00388. The third-order valence-electron chi connectivity index (χ3n) is 10.3. The summed E-state index contributed by atoms with van der Waals surface area (Å²) in [6.07, 6.45) is 9.00. The van der Waals surface area contributed by atoms with Crippen LogP contribution >= 0.6 is 0 Å². The van der Waals surface area contributed by atoms with E-state index in [0.717, 1.165) is 78.9 Å². The van der Waals surface area contributed by atoms with Crippen molar-refractivity contribution in [1.82, 2.24) is 23.4 Å². The van der Waals surface area contributed by atoms with Gasteiger partial charge >= 0.3 is 0 Å². The van der Waals surface area contributed by atoms with Crippen LogP contribution in [0, 0.1) is 12.8 Å². The summed E-state index contributed by atoms with van der Waals surface area (Å²) in [6.45, 7) is 5.88. The number of sulfonamides is 1. The number of carbonyl (C=O) groups excluding carboxylic acids is 1. The van der Waals surface area contributed by atoms with Crippen molar-refractivity contribution in [3.05, 3.63) is 47.7 Å². The highest BCUT2D eigenvalue weighted by Gasteiger charge is 2.30. The first-order chi connectivity index (χ1) is 22.0. The molecule has 1 saturated carbocycles. The number of benzene rings is 1. The van der Waals surface area contributed by atoms with Crippen molar-refractivity contribution in [3.8, 4) is 17.1 Å². The molecule has 2 saturated heterocycles. The van der Waals surface area contributed by atoms with Gasteiger partial charge in [0.1, 0.15) is 17.0 Å². The predicted octanol–water partition coefficient (Wildman–Crippen LogP) is 4.11. The van der Waals surface area contributed by atoms with E-state index >= 15 is 0 Å². The van der Waals surface area contributed by atoms with Gasteiger partial charge < -0.3 is 24.8 Å². The van der Waals surface area contributed by atoms with E-state index in [1.54, 1.807) is 14.2 Å². The average molecular weight is 648 g/mol. The van der Waals surface area contributed by atoms with Gasteiger partial charge in [0.05, 0.1) is 30.1 Å². The predicted molar refractivity (Wildman–Crippen MR) is 181 cm³/mol. The Morgan fingerprint density at radius 3 is 2.52 bits per heavy atom. The first kappa shape index (κ1) is 31.0. The number of methoxy groups -OCH3 is 1. The van der Waals surface area contributed by atoms with E-state index in [0.29, 0.717) is 30.3 Å². The molecule has 0 bridgehead atoms. The second-order valence-corrected chi connectivity index (χ2v) is 15.6.